The number of hydrogen-bond acceptors (Lipinski definition) is 4. The molecule has 1 amide bonds. The van der Waals surface area contributed by atoms with Crippen LogP contribution in [0, 0.1) is 13.8 Å². The molecule has 0 bridgehead atoms. The van der Waals surface area contributed by atoms with Crippen LogP contribution in [0.3, 0.4) is 0 Å². The number of rotatable bonds is 5. The van der Waals surface area contributed by atoms with E-state index in [1.54, 1.807) is 13.2 Å². The summed E-state index contributed by atoms with van der Waals surface area (Å²) in [5, 5.41) is 21.0. The third kappa shape index (κ3) is 4.38. The summed E-state index contributed by atoms with van der Waals surface area (Å²) in [5.41, 5.74) is 2.86. The number of aryl methyl sites for hydroxylation is 2. The van der Waals surface area contributed by atoms with Crippen molar-refractivity contribution in [1.29, 1.82) is 0 Å². The van der Waals surface area contributed by atoms with Crippen molar-refractivity contribution in [3.8, 4) is 11.5 Å². The molecule has 0 aliphatic carbocycles. The Morgan fingerprint density at radius 2 is 1.76 bits per heavy atom. The standard InChI is InChI=1S/C19H19NO5/c1-11-8-14(25-3)9-12(2)15(11)5-7-18(22)20-13-4-6-17(21)16(10-13)19(23)24/h4-10,21H,1-3H3,(H,20,22)(H,23,24)/b7-5+. The Morgan fingerprint density at radius 3 is 2.32 bits per heavy atom. The summed E-state index contributed by atoms with van der Waals surface area (Å²) in [6.45, 7) is 3.85. The van der Waals surface area contributed by atoms with E-state index in [0.29, 0.717) is 0 Å². The molecule has 2 rings (SSSR count). The van der Waals surface area contributed by atoms with Crippen molar-refractivity contribution in [2.45, 2.75) is 13.8 Å². The van der Waals surface area contributed by atoms with Gasteiger partial charge in [-0.3, -0.25) is 4.79 Å². The molecular formula is C19H19NO5. The molecule has 0 aliphatic heterocycles. The number of nitrogens with one attached hydrogen (secondary N) is 1. The zero-order valence-electron chi connectivity index (χ0n) is 14.2. The predicted octanol–water partition coefficient (Wildman–Crippen LogP) is 3.37. The molecule has 0 saturated heterocycles. The first-order chi connectivity index (χ1) is 11.8. The number of carbonyl (C=O) groups excluding carboxylic acids is 1. The highest BCUT2D eigenvalue weighted by molar-refractivity contribution is 6.03. The minimum atomic E-state index is -1.27. The van der Waals surface area contributed by atoms with Gasteiger partial charge < -0.3 is 20.3 Å². The predicted molar refractivity (Wildman–Crippen MR) is 95.2 cm³/mol. The largest absolute Gasteiger partial charge is 0.507 e. The van der Waals surface area contributed by atoms with E-state index in [-0.39, 0.29) is 17.0 Å². The SMILES string of the molecule is COc1cc(C)c(/C=C/C(=O)Nc2ccc(O)c(C(=O)O)c2)c(C)c1. The first-order valence-corrected chi connectivity index (χ1v) is 7.52. The lowest BCUT2D eigenvalue weighted by Gasteiger charge is -2.09. The second kappa shape index (κ2) is 7.53. The maximum Gasteiger partial charge on any atom is 0.339 e. The lowest BCUT2D eigenvalue weighted by atomic mass is 10.0. The number of carboxylic acids is 1. The Balaban J connectivity index is 2.17. The van der Waals surface area contributed by atoms with Crippen LogP contribution in [0.1, 0.15) is 27.0 Å². The summed E-state index contributed by atoms with van der Waals surface area (Å²) in [4.78, 5) is 23.1. The fourth-order valence-corrected chi connectivity index (χ4v) is 2.44. The fraction of sp³-hybridized carbons (Fsp3) is 0.158. The van der Waals surface area contributed by atoms with Gasteiger partial charge in [0.2, 0.25) is 5.91 Å². The molecule has 25 heavy (non-hydrogen) atoms. The van der Waals surface area contributed by atoms with Crippen LogP contribution in [-0.4, -0.2) is 29.2 Å². The Kier molecular flexibility index (Phi) is 5.44. The number of carbonyl (C=O) groups is 2. The molecule has 0 atom stereocenters. The number of ether oxygens (including phenoxy) is 1. The van der Waals surface area contributed by atoms with Crippen molar-refractivity contribution in [3.05, 3.63) is 58.7 Å². The zero-order chi connectivity index (χ0) is 18.6. The number of hydrogen-bond donors (Lipinski definition) is 3. The maximum atomic E-state index is 12.1. The number of anilines is 1. The van der Waals surface area contributed by atoms with Crippen LogP contribution in [0.5, 0.6) is 11.5 Å². The van der Waals surface area contributed by atoms with E-state index in [2.05, 4.69) is 5.32 Å². The van der Waals surface area contributed by atoms with Crippen LogP contribution in [-0.2, 0) is 4.79 Å². The van der Waals surface area contributed by atoms with Gasteiger partial charge in [-0.1, -0.05) is 0 Å². The molecule has 6 nitrogen and oxygen atoms in total. The Morgan fingerprint density at radius 1 is 1.12 bits per heavy atom. The van der Waals surface area contributed by atoms with E-state index in [1.165, 1.54) is 24.3 Å². The molecule has 0 saturated carbocycles. The van der Waals surface area contributed by atoms with Crippen LogP contribution in [0.4, 0.5) is 5.69 Å². The smallest absolute Gasteiger partial charge is 0.339 e. The molecule has 0 unspecified atom stereocenters. The molecular weight excluding hydrogens is 322 g/mol. The first kappa shape index (κ1) is 18.1. The van der Waals surface area contributed by atoms with Crippen molar-refractivity contribution in [2.75, 3.05) is 12.4 Å². The number of benzene rings is 2. The van der Waals surface area contributed by atoms with Crippen LogP contribution < -0.4 is 10.1 Å². The molecule has 0 heterocycles. The van der Waals surface area contributed by atoms with E-state index >= 15 is 0 Å². The van der Waals surface area contributed by atoms with Gasteiger partial charge in [0.15, 0.2) is 0 Å². The van der Waals surface area contributed by atoms with Crippen LogP contribution in [0.2, 0.25) is 0 Å². The summed E-state index contributed by atoms with van der Waals surface area (Å²) in [6.07, 6.45) is 3.06. The third-order valence-electron chi connectivity index (χ3n) is 3.70. The normalized spacial score (nSPS) is 10.7. The summed E-state index contributed by atoms with van der Waals surface area (Å²) in [6, 6.07) is 7.61. The number of aromatic carboxylic acids is 1. The Labute approximate surface area is 145 Å². The molecule has 0 aromatic heterocycles. The monoisotopic (exact) mass is 341 g/mol. The maximum absolute atomic E-state index is 12.1. The fourth-order valence-electron chi connectivity index (χ4n) is 2.44. The van der Waals surface area contributed by atoms with Crippen molar-refractivity contribution < 1.29 is 24.5 Å². The van der Waals surface area contributed by atoms with E-state index in [1.807, 2.05) is 26.0 Å². The topological polar surface area (TPSA) is 95.9 Å². The van der Waals surface area contributed by atoms with Gasteiger partial charge in [0, 0.05) is 11.8 Å². The molecule has 0 fully saturated rings. The van der Waals surface area contributed by atoms with Crippen molar-refractivity contribution in [2.24, 2.45) is 0 Å². The third-order valence-corrected chi connectivity index (χ3v) is 3.70. The summed E-state index contributed by atoms with van der Waals surface area (Å²) in [7, 11) is 1.60. The van der Waals surface area contributed by atoms with Gasteiger partial charge >= 0.3 is 5.97 Å². The van der Waals surface area contributed by atoms with Gasteiger partial charge in [-0.25, -0.2) is 4.79 Å². The quantitative estimate of drug-likeness (QED) is 0.572. The lowest BCUT2D eigenvalue weighted by Crippen LogP contribution is -2.09. The number of aromatic hydroxyl groups is 1. The second-order valence-electron chi connectivity index (χ2n) is 5.53. The highest BCUT2D eigenvalue weighted by Crippen LogP contribution is 2.23. The minimum absolute atomic E-state index is 0.274. The first-order valence-electron chi connectivity index (χ1n) is 7.52. The van der Waals surface area contributed by atoms with E-state index in [9.17, 15) is 14.7 Å². The molecule has 130 valence electrons. The summed E-state index contributed by atoms with van der Waals surface area (Å²) in [5.74, 6) is -1.28. The summed E-state index contributed by atoms with van der Waals surface area (Å²) < 4.78 is 5.20. The number of methoxy groups -OCH3 is 1. The van der Waals surface area contributed by atoms with Gasteiger partial charge in [-0.2, -0.15) is 0 Å². The van der Waals surface area contributed by atoms with Crippen molar-refractivity contribution >= 4 is 23.6 Å². The van der Waals surface area contributed by atoms with E-state index in [0.717, 1.165) is 22.4 Å². The van der Waals surface area contributed by atoms with Crippen LogP contribution in [0.15, 0.2) is 36.4 Å². The highest BCUT2D eigenvalue weighted by Gasteiger charge is 2.11. The average Bonchev–Trinajstić information content (AvgIpc) is 2.55. The summed E-state index contributed by atoms with van der Waals surface area (Å²) >= 11 is 0. The van der Waals surface area contributed by atoms with Gasteiger partial charge in [-0.05, 0) is 66.9 Å². The Hall–Kier alpha value is -3.28. The molecule has 2 aromatic rings. The van der Waals surface area contributed by atoms with Crippen LogP contribution in [0.25, 0.3) is 6.08 Å². The highest BCUT2D eigenvalue weighted by atomic mass is 16.5. The van der Waals surface area contributed by atoms with E-state index < -0.39 is 11.9 Å². The van der Waals surface area contributed by atoms with Crippen molar-refractivity contribution in [1.82, 2.24) is 0 Å². The lowest BCUT2D eigenvalue weighted by molar-refractivity contribution is -0.111. The minimum Gasteiger partial charge on any atom is -0.507 e. The molecule has 0 spiro atoms. The molecule has 0 radical (unpaired) electrons. The number of phenols is 1. The number of amides is 1. The van der Waals surface area contributed by atoms with Crippen molar-refractivity contribution in [3.63, 3.8) is 0 Å². The zero-order valence-corrected chi connectivity index (χ0v) is 14.2. The van der Waals surface area contributed by atoms with Crippen LogP contribution >= 0.6 is 0 Å². The Bertz CT molecular complexity index is 832. The molecule has 3 N–H and O–H groups in total. The van der Waals surface area contributed by atoms with Gasteiger partial charge in [0.1, 0.15) is 17.1 Å². The molecule has 6 heteroatoms. The van der Waals surface area contributed by atoms with Gasteiger partial charge in [0.25, 0.3) is 0 Å². The molecule has 2 aromatic carbocycles. The second-order valence-corrected chi connectivity index (χ2v) is 5.53. The van der Waals surface area contributed by atoms with E-state index in [4.69, 9.17) is 9.84 Å². The van der Waals surface area contributed by atoms with Gasteiger partial charge in [0.05, 0.1) is 7.11 Å². The average molecular weight is 341 g/mol. The number of carboxylic acid groups (broad SMARTS) is 1. The van der Waals surface area contributed by atoms with Gasteiger partial charge in [-0.15, -0.1) is 0 Å². The molecule has 0 aliphatic rings.